The Labute approximate surface area is 92.3 Å². The van der Waals surface area contributed by atoms with E-state index in [1.165, 1.54) is 0 Å². The molecule has 0 bridgehead atoms. The van der Waals surface area contributed by atoms with E-state index < -0.39 is 5.60 Å². The second-order valence-corrected chi connectivity index (χ2v) is 4.75. The van der Waals surface area contributed by atoms with Gasteiger partial charge in [0.25, 0.3) is 0 Å². The van der Waals surface area contributed by atoms with Crippen LogP contribution < -0.4 is 0 Å². The molecule has 0 amide bonds. The Bertz CT molecular complexity index is 213. The quantitative estimate of drug-likeness (QED) is 0.661. The van der Waals surface area contributed by atoms with Crippen LogP contribution >= 0.6 is 0 Å². The second-order valence-electron chi connectivity index (χ2n) is 4.75. The van der Waals surface area contributed by atoms with E-state index in [4.69, 9.17) is 0 Å². The lowest BCUT2D eigenvalue weighted by atomic mass is 9.84. The molecular weight excluding hydrogens is 188 g/mol. The molecule has 1 saturated carbocycles. The number of hydrogen-bond donors (Lipinski definition) is 2. The molecule has 15 heavy (non-hydrogen) atoms. The van der Waals surface area contributed by atoms with Crippen LogP contribution in [-0.2, 0) is 0 Å². The first kappa shape index (κ1) is 12.5. The molecule has 86 valence electrons. The third-order valence-electron chi connectivity index (χ3n) is 3.23. The van der Waals surface area contributed by atoms with Gasteiger partial charge in [0.15, 0.2) is 0 Å². The van der Waals surface area contributed by atoms with Crippen molar-refractivity contribution in [1.82, 2.24) is 0 Å². The number of rotatable bonds is 6. The van der Waals surface area contributed by atoms with Crippen LogP contribution in [0.5, 0.6) is 0 Å². The minimum absolute atomic E-state index is 0.160. The molecule has 1 fully saturated rings. The van der Waals surface area contributed by atoms with E-state index in [9.17, 15) is 10.2 Å². The first-order valence-electron chi connectivity index (χ1n) is 5.72. The molecule has 0 radical (unpaired) electrons. The number of hydrogen-bond acceptors (Lipinski definition) is 2. The fourth-order valence-electron chi connectivity index (χ4n) is 2.56. The smallest absolute Gasteiger partial charge is 0.0718 e. The lowest BCUT2D eigenvalue weighted by molar-refractivity contribution is 0.0199. The van der Waals surface area contributed by atoms with Crippen molar-refractivity contribution >= 4 is 0 Å². The normalized spacial score (nSPS) is 26.5. The maximum atomic E-state index is 10.3. The van der Waals surface area contributed by atoms with Gasteiger partial charge in [-0.2, -0.15) is 0 Å². The molecule has 2 atom stereocenters. The predicted molar refractivity (Wildman–Crippen MR) is 62.5 cm³/mol. The molecule has 0 aliphatic heterocycles. The summed E-state index contributed by atoms with van der Waals surface area (Å²) in [5, 5.41) is 19.8. The van der Waals surface area contributed by atoms with Gasteiger partial charge in [-0.15, -0.1) is 13.2 Å². The molecule has 2 nitrogen and oxygen atoms in total. The summed E-state index contributed by atoms with van der Waals surface area (Å²) in [6, 6.07) is 0. The molecular formula is C13H22O2. The Morgan fingerprint density at radius 1 is 1.20 bits per heavy atom. The van der Waals surface area contributed by atoms with Gasteiger partial charge in [-0.1, -0.05) is 12.2 Å². The van der Waals surface area contributed by atoms with Gasteiger partial charge in [-0.25, -0.2) is 0 Å². The van der Waals surface area contributed by atoms with E-state index in [1.807, 2.05) is 0 Å². The average Bonchev–Trinajstić information content (AvgIpc) is 2.51. The SMILES string of the molecule is C=CCC(O)(CC=C)C[C@@H]1CC[C@H](O)C1. The first-order chi connectivity index (χ1) is 7.09. The number of aliphatic hydroxyl groups excluding tert-OH is 1. The Balaban J connectivity index is 2.49. The van der Waals surface area contributed by atoms with E-state index in [2.05, 4.69) is 13.2 Å². The predicted octanol–water partition coefficient (Wildman–Crippen LogP) is 2.42. The van der Waals surface area contributed by atoms with Crippen LogP contribution in [0.25, 0.3) is 0 Å². The molecule has 0 aromatic carbocycles. The van der Waals surface area contributed by atoms with Gasteiger partial charge in [0, 0.05) is 0 Å². The summed E-state index contributed by atoms with van der Waals surface area (Å²) in [6.07, 6.45) is 8.05. The van der Waals surface area contributed by atoms with Crippen LogP contribution in [-0.4, -0.2) is 21.9 Å². The van der Waals surface area contributed by atoms with Crippen LogP contribution in [0.3, 0.4) is 0 Å². The molecule has 1 rings (SSSR count). The van der Waals surface area contributed by atoms with Crippen molar-refractivity contribution < 1.29 is 10.2 Å². The lowest BCUT2D eigenvalue weighted by Gasteiger charge is -2.28. The second kappa shape index (κ2) is 5.47. The standard InChI is InChI=1S/C13H22O2/c1-3-7-13(15,8-4-2)10-11-5-6-12(14)9-11/h3-4,11-12,14-15H,1-2,5-10H2/t11-,12+/m1/s1. The highest BCUT2D eigenvalue weighted by molar-refractivity contribution is 4.94. The van der Waals surface area contributed by atoms with Crippen molar-refractivity contribution in [3.05, 3.63) is 25.3 Å². The van der Waals surface area contributed by atoms with E-state index in [-0.39, 0.29) is 6.10 Å². The van der Waals surface area contributed by atoms with Crippen LogP contribution in [0.4, 0.5) is 0 Å². The molecule has 2 heteroatoms. The largest absolute Gasteiger partial charge is 0.393 e. The molecule has 1 aliphatic rings. The maximum Gasteiger partial charge on any atom is 0.0718 e. The lowest BCUT2D eigenvalue weighted by Crippen LogP contribution is -2.30. The summed E-state index contributed by atoms with van der Waals surface area (Å²) < 4.78 is 0. The fourth-order valence-corrected chi connectivity index (χ4v) is 2.56. The van der Waals surface area contributed by atoms with Crippen LogP contribution in [0.15, 0.2) is 25.3 Å². The van der Waals surface area contributed by atoms with Gasteiger partial charge in [-0.3, -0.25) is 0 Å². The maximum absolute atomic E-state index is 10.3. The van der Waals surface area contributed by atoms with Crippen molar-refractivity contribution in [2.45, 2.75) is 50.2 Å². The van der Waals surface area contributed by atoms with Crippen molar-refractivity contribution in [2.24, 2.45) is 5.92 Å². The van der Waals surface area contributed by atoms with Crippen LogP contribution in [0, 0.1) is 5.92 Å². The van der Waals surface area contributed by atoms with Gasteiger partial charge in [-0.05, 0) is 44.4 Å². The summed E-state index contributed by atoms with van der Waals surface area (Å²) in [5.74, 6) is 0.449. The molecule has 1 aliphatic carbocycles. The molecule has 0 aromatic heterocycles. The highest BCUT2D eigenvalue weighted by Gasteiger charge is 2.32. The fraction of sp³-hybridized carbons (Fsp3) is 0.692. The molecule has 0 saturated heterocycles. The van der Waals surface area contributed by atoms with E-state index in [0.717, 1.165) is 25.7 Å². The van der Waals surface area contributed by atoms with Gasteiger partial charge in [0.05, 0.1) is 11.7 Å². The van der Waals surface area contributed by atoms with Crippen LogP contribution in [0.1, 0.15) is 38.5 Å². The summed E-state index contributed by atoms with van der Waals surface area (Å²) in [6.45, 7) is 7.35. The van der Waals surface area contributed by atoms with Crippen molar-refractivity contribution in [1.29, 1.82) is 0 Å². The third-order valence-corrected chi connectivity index (χ3v) is 3.23. The molecule has 0 heterocycles. The van der Waals surface area contributed by atoms with Gasteiger partial charge >= 0.3 is 0 Å². The molecule has 0 spiro atoms. The third kappa shape index (κ3) is 3.80. The van der Waals surface area contributed by atoms with E-state index >= 15 is 0 Å². The topological polar surface area (TPSA) is 40.5 Å². The Morgan fingerprint density at radius 3 is 2.20 bits per heavy atom. The zero-order chi connectivity index (χ0) is 11.3. The van der Waals surface area contributed by atoms with Gasteiger partial charge in [0.1, 0.15) is 0 Å². The highest BCUT2D eigenvalue weighted by Crippen LogP contribution is 2.35. The highest BCUT2D eigenvalue weighted by atomic mass is 16.3. The van der Waals surface area contributed by atoms with Crippen LogP contribution in [0.2, 0.25) is 0 Å². The zero-order valence-electron chi connectivity index (χ0n) is 9.36. The van der Waals surface area contributed by atoms with Crippen molar-refractivity contribution in [3.8, 4) is 0 Å². The minimum Gasteiger partial charge on any atom is -0.393 e. The summed E-state index contributed by atoms with van der Waals surface area (Å²) in [7, 11) is 0. The number of aliphatic hydroxyl groups is 2. The molecule has 0 unspecified atom stereocenters. The monoisotopic (exact) mass is 210 g/mol. The van der Waals surface area contributed by atoms with Crippen molar-refractivity contribution in [3.63, 3.8) is 0 Å². The minimum atomic E-state index is -0.696. The average molecular weight is 210 g/mol. The van der Waals surface area contributed by atoms with E-state index in [0.29, 0.717) is 18.8 Å². The Hall–Kier alpha value is -0.600. The Kier molecular flexibility index (Phi) is 4.55. The van der Waals surface area contributed by atoms with Gasteiger partial charge in [0.2, 0.25) is 0 Å². The summed E-state index contributed by atoms with van der Waals surface area (Å²) in [5.41, 5.74) is -0.696. The first-order valence-corrected chi connectivity index (χ1v) is 5.72. The molecule has 2 N–H and O–H groups in total. The summed E-state index contributed by atoms with van der Waals surface area (Å²) >= 11 is 0. The van der Waals surface area contributed by atoms with Crippen molar-refractivity contribution in [2.75, 3.05) is 0 Å². The van der Waals surface area contributed by atoms with E-state index in [1.54, 1.807) is 12.2 Å². The molecule has 0 aromatic rings. The van der Waals surface area contributed by atoms with Gasteiger partial charge < -0.3 is 10.2 Å². The zero-order valence-corrected chi connectivity index (χ0v) is 9.36. The Morgan fingerprint density at radius 2 is 1.80 bits per heavy atom. The summed E-state index contributed by atoms with van der Waals surface area (Å²) in [4.78, 5) is 0.